The van der Waals surface area contributed by atoms with Gasteiger partial charge in [0.05, 0.1) is 10.5 Å². The Morgan fingerprint density at radius 2 is 1.50 bits per heavy atom. The molecule has 0 aromatic heterocycles. The van der Waals surface area contributed by atoms with Gasteiger partial charge in [0.1, 0.15) is 0 Å². The number of thiocarbonyl (C=S) groups is 1. The summed E-state index contributed by atoms with van der Waals surface area (Å²) in [6.45, 7) is 1.04. The Bertz CT molecular complexity index is 985. The van der Waals surface area contributed by atoms with Crippen LogP contribution in [-0.2, 0) is 16.2 Å². The Morgan fingerprint density at radius 3 is 2.10 bits per heavy atom. The fourth-order valence-corrected chi connectivity index (χ4v) is 4.96. The molecule has 1 aliphatic heterocycles. The van der Waals surface area contributed by atoms with Gasteiger partial charge in [-0.25, -0.2) is 8.42 Å². The number of rotatable bonds is 4. The van der Waals surface area contributed by atoms with E-state index in [1.54, 1.807) is 12.1 Å². The first-order chi connectivity index (χ1) is 14.2. The minimum absolute atomic E-state index is 0.0949. The van der Waals surface area contributed by atoms with E-state index in [4.69, 9.17) is 12.2 Å². The van der Waals surface area contributed by atoms with Crippen LogP contribution in [0, 0.1) is 0 Å². The topological polar surface area (TPSA) is 61.4 Å². The molecule has 10 heteroatoms. The molecule has 1 aliphatic rings. The van der Waals surface area contributed by atoms with E-state index < -0.39 is 21.8 Å². The second-order valence-corrected chi connectivity index (χ2v) is 9.35. The zero-order valence-electron chi connectivity index (χ0n) is 16.1. The third kappa shape index (κ3) is 5.71. The number of nitrogens with one attached hydrogen (secondary N) is 2. The van der Waals surface area contributed by atoms with Crippen molar-refractivity contribution in [2.24, 2.45) is 0 Å². The van der Waals surface area contributed by atoms with Crippen LogP contribution in [0.4, 0.5) is 24.5 Å². The quantitative estimate of drug-likeness (QED) is 0.627. The summed E-state index contributed by atoms with van der Waals surface area (Å²) in [5, 5.41) is 5.64. The average Bonchev–Trinajstić information content (AvgIpc) is 2.98. The van der Waals surface area contributed by atoms with Crippen molar-refractivity contribution in [2.45, 2.75) is 36.8 Å². The normalized spacial score (nSPS) is 16.0. The van der Waals surface area contributed by atoms with E-state index in [1.807, 2.05) is 0 Å². The van der Waals surface area contributed by atoms with Crippen LogP contribution in [0.25, 0.3) is 0 Å². The summed E-state index contributed by atoms with van der Waals surface area (Å²) in [6, 6.07) is 10.8. The molecule has 5 nitrogen and oxygen atoms in total. The van der Waals surface area contributed by atoms with Crippen molar-refractivity contribution in [2.75, 3.05) is 23.7 Å². The van der Waals surface area contributed by atoms with Gasteiger partial charge in [-0.3, -0.25) is 0 Å². The van der Waals surface area contributed by atoms with Crippen molar-refractivity contribution < 1.29 is 21.6 Å². The van der Waals surface area contributed by atoms with Gasteiger partial charge in [-0.2, -0.15) is 17.5 Å². The molecule has 3 rings (SSSR count). The number of hydrogen-bond donors (Lipinski definition) is 2. The third-order valence-corrected chi connectivity index (χ3v) is 6.88. The van der Waals surface area contributed by atoms with Crippen molar-refractivity contribution >= 4 is 38.7 Å². The molecule has 0 amide bonds. The SMILES string of the molecule is O=S(=O)(c1ccc(NC(=S)Nc2cccc(C(F)(F)F)c2)cc1)N1CCCCCC1. The predicted octanol–water partition coefficient (Wildman–Crippen LogP) is 5.08. The summed E-state index contributed by atoms with van der Waals surface area (Å²) in [4.78, 5) is 0.201. The number of hydrogen-bond acceptors (Lipinski definition) is 3. The molecule has 2 N–H and O–H groups in total. The van der Waals surface area contributed by atoms with E-state index in [0.717, 1.165) is 37.8 Å². The number of halogens is 3. The van der Waals surface area contributed by atoms with Gasteiger partial charge >= 0.3 is 6.18 Å². The minimum atomic E-state index is -4.44. The second kappa shape index (κ2) is 9.32. The molecule has 0 unspecified atom stereocenters. The summed E-state index contributed by atoms with van der Waals surface area (Å²) in [6.07, 6.45) is -0.666. The highest BCUT2D eigenvalue weighted by molar-refractivity contribution is 7.89. The Balaban J connectivity index is 1.65. The zero-order valence-corrected chi connectivity index (χ0v) is 17.7. The fourth-order valence-electron chi connectivity index (χ4n) is 3.21. The predicted molar refractivity (Wildman–Crippen MR) is 115 cm³/mol. The maximum absolute atomic E-state index is 12.8. The first kappa shape index (κ1) is 22.5. The summed E-state index contributed by atoms with van der Waals surface area (Å²) < 4.78 is 65.6. The smallest absolute Gasteiger partial charge is 0.332 e. The number of nitrogens with zero attached hydrogens (tertiary/aromatic N) is 1. The molecular formula is C20H22F3N3O2S2. The van der Waals surface area contributed by atoms with Crippen molar-refractivity contribution in [1.29, 1.82) is 0 Å². The molecule has 2 aromatic carbocycles. The number of benzene rings is 2. The lowest BCUT2D eigenvalue weighted by atomic mass is 10.2. The lowest BCUT2D eigenvalue weighted by molar-refractivity contribution is -0.137. The molecule has 0 aliphatic carbocycles. The highest BCUT2D eigenvalue weighted by Crippen LogP contribution is 2.30. The van der Waals surface area contributed by atoms with Gasteiger partial charge in [-0.05, 0) is 67.5 Å². The number of anilines is 2. The minimum Gasteiger partial charge on any atom is -0.332 e. The van der Waals surface area contributed by atoms with E-state index in [9.17, 15) is 21.6 Å². The largest absolute Gasteiger partial charge is 0.416 e. The van der Waals surface area contributed by atoms with Gasteiger partial charge in [-0.1, -0.05) is 18.9 Å². The molecule has 0 atom stereocenters. The molecule has 0 bridgehead atoms. The molecule has 0 radical (unpaired) electrons. The monoisotopic (exact) mass is 457 g/mol. The van der Waals surface area contributed by atoms with Crippen LogP contribution in [0.2, 0.25) is 0 Å². The Morgan fingerprint density at radius 1 is 0.900 bits per heavy atom. The van der Waals surface area contributed by atoms with Gasteiger partial charge in [0.25, 0.3) is 0 Å². The molecule has 30 heavy (non-hydrogen) atoms. The number of alkyl halides is 3. The van der Waals surface area contributed by atoms with Gasteiger partial charge in [0, 0.05) is 24.5 Å². The van der Waals surface area contributed by atoms with E-state index in [0.29, 0.717) is 18.8 Å². The molecular weight excluding hydrogens is 435 g/mol. The average molecular weight is 458 g/mol. The Kier molecular flexibility index (Phi) is 6.99. The lowest BCUT2D eigenvalue weighted by Gasteiger charge is -2.20. The molecule has 2 aromatic rings. The van der Waals surface area contributed by atoms with Crippen LogP contribution in [0.3, 0.4) is 0 Å². The van der Waals surface area contributed by atoms with Crippen molar-refractivity contribution in [3.63, 3.8) is 0 Å². The summed E-state index contributed by atoms with van der Waals surface area (Å²) >= 11 is 5.15. The van der Waals surface area contributed by atoms with Crippen molar-refractivity contribution in [3.05, 3.63) is 54.1 Å². The van der Waals surface area contributed by atoms with Crippen molar-refractivity contribution in [1.82, 2.24) is 4.31 Å². The van der Waals surface area contributed by atoms with Gasteiger partial charge < -0.3 is 10.6 Å². The molecule has 1 heterocycles. The van der Waals surface area contributed by atoms with E-state index in [-0.39, 0.29) is 15.7 Å². The van der Waals surface area contributed by atoms with Gasteiger partial charge in [-0.15, -0.1) is 0 Å². The highest BCUT2D eigenvalue weighted by Gasteiger charge is 2.30. The maximum Gasteiger partial charge on any atom is 0.416 e. The standard InChI is InChI=1S/C20H22F3N3O2S2/c21-20(22,23)15-6-5-7-17(14-15)25-19(29)24-16-8-10-18(11-9-16)30(27,28)26-12-3-1-2-4-13-26/h5-11,14H,1-4,12-13H2,(H2,24,25,29). The van der Waals surface area contributed by atoms with Crippen molar-refractivity contribution in [3.8, 4) is 0 Å². The van der Waals surface area contributed by atoms with E-state index in [1.165, 1.54) is 28.6 Å². The molecule has 1 saturated heterocycles. The first-order valence-corrected chi connectivity index (χ1v) is 11.4. The van der Waals surface area contributed by atoms with E-state index in [2.05, 4.69) is 10.6 Å². The van der Waals surface area contributed by atoms with Crippen LogP contribution in [0.1, 0.15) is 31.2 Å². The molecule has 0 saturated carbocycles. The Labute approximate surface area is 179 Å². The first-order valence-electron chi connectivity index (χ1n) is 9.52. The van der Waals surface area contributed by atoms with Crippen LogP contribution in [-0.4, -0.2) is 30.9 Å². The third-order valence-electron chi connectivity index (χ3n) is 4.76. The summed E-state index contributed by atoms with van der Waals surface area (Å²) in [5.41, 5.74) is -0.0599. The highest BCUT2D eigenvalue weighted by atomic mass is 32.2. The maximum atomic E-state index is 12.8. The van der Waals surface area contributed by atoms with Crippen LogP contribution >= 0.6 is 12.2 Å². The van der Waals surface area contributed by atoms with Crippen LogP contribution < -0.4 is 10.6 Å². The fraction of sp³-hybridized carbons (Fsp3) is 0.350. The molecule has 162 valence electrons. The second-order valence-electron chi connectivity index (χ2n) is 7.00. The zero-order chi connectivity index (χ0) is 21.8. The number of sulfonamides is 1. The summed E-state index contributed by atoms with van der Waals surface area (Å²) in [5.74, 6) is 0. The Hall–Kier alpha value is -2.17. The lowest BCUT2D eigenvalue weighted by Crippen LogP contribution is -2.31. The van der Waals surface area contributed by atoms with Crippen LogP contribution in [0.15, 0.2) is 53.4 Å². The molecule has 0 spiro atoms. The van der Waals surface area contributed by atoms with Gasteiger partial charge in [0.15, 0.2) is 5.11 Å². The summed E-state index contributed by atoms with van der Waals surface area (Å²) in [7, 11) is -3.55. The van der Waals surface area contributed by atoms with E-state index >= 15 is 0 Å². The molecule has 1 fully saturated rings. The van der Waals surface area contributed by atoms with Gasteiger partial charge in [0.2, 0.25) is 10.0 Å². The van der Waals surface area contributed by atoms with Crippen LogP contribution in [0.5, 0.6) is 0 Å².